The van der Waals surface area contributed by atoms with E-state index in [1.165, 1.54) is 17.7 Å². The maximum atomic E-state index is 12.9. The average Bonchev–Trinajstić information content (AvgIpc) is 2.40. The van der Waals surface area contributed by atoms with E-state index in [4.69, 9.17) is 0 Å². The number of benzene rings is 2. The van der Waals surface area contributed by atoms with Crippen molar-refractivity contribution in [3.05, 3.63) is 71.5 Å². The summed E-state index contributed by atoms with van der Waals surface area (Å²) < 4.78 is 12.9. The third-order valence-electron chi connectivity index (χ3n) is 3.17. The van der Waals surface area contributed by atoms with Gasteiger partial charge in [-0.2, -0.15) is 27.0 Å². The van der Waals surface area contributed by atoms with Crippen molar-refractivity contribution in [2.24, 2.45) is 0 Å². The van der Waals surface area contributed by atoms with Crippen molar-refractivity contribution in [2.45, 2.75) is 25.9 Å². The van der Waals surface area contributed by atoms with Crippen LogP contribution in [0.5, 0.6) is 0 Å². The van der Waals surface area contributed by atoms with Gasteiger partial charge in [-0.1, -0.05) is 42.5 Å². The van der Waals surface area contributed by atoms with E-state index in [0.29, 0.717) is 0 Å². The van der Waals surface area contributed by atoms with Crippen LogP contribution in [0.3, 0.4) is 0 Å². The first-order chi connectivity index (χ1) is 8.66. The zero-order valence-corrected chi connectivity index (χ0v) is 13.7. The summed E-state index contributed by atoms with van der Waals surface area (Å²) in [4.78, 5) is 0. The van der Waals surface area contributed by atoms with Crippen molar-refractivity contribution < 1.29 is 4.39 Å². The van der Waals surface area contributed by atoms with E-state index in [1.807, 2.05) is 30.3 Å². The van der Waals surface area contributed by atoms with Crippen LogP contribution in [0.25, 0.3) is 0 Å². The molecule has 0 radical (unpaired) electrons. The highest BCUT2D eigenvalue weighted by Crippen LogP contribution is 2.19. The smallest absolute Gasteiger partial charge is 0.123 e. The van der Waals surface area contributed by atoms with E-state index in [9.17, 15) is 4.39 Å². The first-order valence-corrected chi connectivity index (χ1v) is 6.23. The van der Waals surface area contributed by atoms with Crippen LogP contribution in [0.4, 0.5) is 4.39 Å². The van der Waals surface area contributed by atoms with Gasteiger partial charge in [0.2, 0.25) is 0 Å². The van der Waals surface area contributed by atoms with Crippen LogP contribution in [-0.4, -0.2) is 0 Å². The summed E-state index contributed by atoms with van der Waals surface area (Å²) in [5, 5.41) is 3.51. The maximum Gasteiger partial charge on any atom is 0.123 e. The fraction of sp³-hybridized carbons (Fsp3) is 0.250. The van der Waals surface area contributed by atoms with Gasteiger partial charge < -0.3 is 5.32 Å². The van der Waals surface area contributed by atoms with Crippen molar-refractivity contribution in [1.29, 1.82) is 0 Å². The van der Waals surface area contributed by atoms with Crippen LogP contribution in [0, 0.1) is 5.82 Å². The highest BCUT2D eigenvalue weighted by molar-refractivity contribution is 7.59. The molecule has 0 spiro atoms. The number of hydrogen-bond acceptors (Lipinski definition) is 1. The van der Waals surface area contributed by atoms with E-state index in [0.717, 1.165) is 5.56 Å². The van der Waals surface area contributed by atoms with Crippen LogP contribution < -0.4 is 5.32 Å². The Hall–Kier alpha value is -0.970. The Balaban J connectivity index is 0.00000180. The molecule has 0 fully saturated rings. The quantitative estimate of drug-likeness (QED) is 0.879. The fourth-order valence-corrected chi connectivity index (χ4v) is 2.06. The van der Waals surface area contributed by atoms with Gasteiger partial charge in [-0.3, -0.25) is 0 Å². The van der Waals surface area contributed by atoms with Crippen molar-refractivity contribution in [1.82, 2.24) is 5.32 Å². The van der Waals surface area contributed by atoms with Crippen molar-refractivity contribution in [3.8, 4) is 0 Å². The number of nitrogens with one attached hydrogen (secondary N) is 1. The minimum atomic E-state index is -0.193. The summed E-state index contributed by atoms with van der Waals surface area (Å²) in [6.07, 6.45) is 0. The molecule has 1 nitrogen and oxygen atoms in total. The second-order valence-electron chi connectivity index (χ2n) is 4.57. The van der Waals surface area contributed by atoms with E-state index < -0.39 is 0 Å². The SMILES string of the molecule is CC(N[C@@H](C)c1ccc(F)cc1)c1ccccc1.S.S. The van der Waals surface area contributed by atoms with E-state index in [-0.39, 0.29) is 44.9 Å². The lowest BCUT2D eigenvalue weighted by atomic mass is 10.0. The molecule has 0 heterocycles. The van der Waals surface area contributed by atoms with Crippen molar-refractivity contribution in [3.63, 3.8) is 0 Å². The molecule has 110 valence electrons. The lowest BCUT2D eigenvalue weighted by molar-refractivity contribution is 0.494. The molecule has 0 saturated heterocycles. The van der Waals surface area contributed by atoms with Crippen molar-refractivity contribution >= 4 is 27.0 Å². The molecule has 20 heavy (non-hydrogen) atoms. The molecule has 0 aliphatic rings. The van der Waals surface area contributed by atoms with Gasteiger partial charge in [0.05, 0.1) is 0 Å². The minimum absolute atomic E-state index is 0. The molecule has 1 N–H and O–H groups in total. The van der Waals surface area contributed by atoms with Gasteiger partial charge in [0.25, 0.3) is 0 Å². The van der Waals surface area contributed by atoms with Crippen LogP contribution >= 0.6 is 27.0 Å². The van der Waals surface area contributed by atoms with Crippen LogP contribution in [0.1, 0.15) is 37.1 Å². The Morgan fingerprint density at radius 3 is 1.70 bits per heavy atom. The standard InChI is InChI=1S/C16H18FN.2H2S/c1-12(14-6-4-3-5-7-14)18-13(2)15-8-10-16(17)11-9-15;;/h3-13,18H,1-2H3;2*1H2/t12?,13-;;/m0../s1. The Labute approximate surface area is 134 Å². The first kappa shape index (κ1) is 19.0. The highest BCUT2D eigenvalue weighted by atomic mass is 32.1. The van der Waals surface area contributed by atoms with E-state index >= 15 is 0 Å². The second-order valence-corrected chi connectivity index (χ2v) is 4.57. The zero-order valence-electron chi connectivity index (χ0n) is 11.7. The molecule has 2 aromatic carbocycles. The lowest BCUT2D eigenvalue weighted by Gasteiger charge is -2.20. The number of halogens is 1. The normalized spacial score (nSPS) is 12.8. The van der Waals surface area contributed by atoms with E-state index in [2.05, 4.69) is 31.3 Å². The molecule has 4 heteroatoms. The third-order valence-corrected chi connectivity index (χ3v) is 3.17. The average molecular weight is 311 g/mol. The molecule has 2 rings (SSSR count). The molecule has 0 aliphatic heterocycles. The summed E-state index contributed by atoms with van der Waals surface area (Å²) in [6.45, 7) is 4.22. The summed E-state index contributed by atoms with van der Waals surface area (Å²) in [6, 6.07) is 17.4. The molecule has 0 amide bonds. The fourth-order valence-electron chi connectivity index (χ4n) is 2.06. The summed E-state index contributed by atoms with van der Waals surface area (Å²) in [7, 11) is 0. The second kappa shape index (κ2) is 9.06. The maximum absolute atomic E-state index is 12.9. The van der Waals surface area contributed by atoms with E-state index in [1.54, 1.807) is 0 Å². The van der Waals surface area contributed by atoms with Gasteiger partial charge in [0.1, 0.15) is 5.82 Å². The molecular formula is C16H22FNS2. The predicted molar refractivity (Wildman–Crippen MR) is 93.6 cm³/mol. The molecule has 0 aromatic heterocycles. The molecule has 2 atom stereocenters. The minimum Gasteiger partial charge on any atom is -0.304 e. The topological polar surface area (TPSA) is 12.0 Å². The molecule has 0 saturated carbocycles. The van der Waals surface area contributed by atoms with Gasteiger partial charge in [0.15, 0.2) is 0 Å². The van der Waals surface area contributed by atoms with Crippen LogP contribution in [-0.2, 0) is 0 Å². The molecular weight excluding hydrogens is 289 g/mol. The zero-order chi connectivity index (χ0) is 13.0. The van der Waals surface area contributed by atoms with Gasteiger partial charge in [-0.05, 0) is 37.1 Å². The Bertz CT molecular complexity index is 488. The van der Waals surface area contributed by atoms with Gasteiger partial charge in [-0.15, -0.1) is 0 Å². The van der Waals surface area contributed by atoms with Gasteiger partial charge in [-0.25, -0.2) is 4.39 Å². The lowest BCUT2D eigenvalue weighted by Crippen LogP contribution is -2.22. The number of hydrogen-bond donors (Lipinski definition) is 1. The molecule has 0 aliphatic carbocycles. The summed E-state index contributed by atoms with van der Waals surface area (Å²) in [5.41, 5.74) is 2.35. The molecule has 2 aromatic rings. The highest BCUT2D eigenvalue weighted by Gasteiger charge is 2.10. The molecule has 0 bridgehead atoms. The van der Waals surface area contributed by atoms with Crippen molar-refractivity contribution in [2.75, 3.05) is 0 Å². The molecule has 1 unspecified atom stereocenters. The Morgan fingerprint density at radius 1 is 0.750 bits per heavy atom. The summed E-state index contributed by atoms with van der Waals surface area (Å²) in [5.74, 6) is -0.193. The Kier molecular flexibility index (Phi) is 8.62. The van der Waals surface area contributed by atoms with Gasteiger partial charge in [0, 0.05) is 12.1 Å². The van der Waals surface area contributed by atoms with Crippen LogP contribution in [0.2, 0.25) is 0 Å². The first-order valence-electron chi connectivity index (χ1n) is 6.23. The van der Waals surface area contributed by atoms with Crippen LogP contribution in [0.15, 0.2) is 54.6 Å². The monoisotopic (exact) mass is 311 g/mol. The predicted octanol–water partition coefficient (Wildman–Crippen LogP) is 4.46. The largest absolute Gasteiger partial charge is 0.304 e. The Morgan fingerprint density at radius 2 is 1.20 bits per heavy atom. The van der Waals surface area contributed by atoms with Gasteiger partial charge >= 0.3 is 0 Å². The third kappa shape index (κ3) is 5.19. The summed E-state index contributed by atoms with van der Waals surface area (Å²) >= 11 is 0. The number of rotatable bonds is 4.